The molecule has 0 amide bonds. The molecule has 0 atom stereocenters. The lowest BCUT2D eigenvalue weighted by Crippen LogP contribution is -2.12. The number of hydrogen-bond donors (Lipinski definition) is 0. The van der Waals surface area contributed by atoms with E-state index in [4.69, 9.17) is 9.26 Å². The zero-order valence-electron chi connectivity index (χ0n) is 16.2. The van der Waals surface area contributed by atoms with Crippen LogP contribution in [0.4, 0.5) is 0 Å². The molecule has 0 aliphatic heterocycles. The van der Waals surface area contributed by atoms with Crippen molar-refractivity contribution in [2.24, 2.45) is 5.92 Å². The lowest BCUT2D eigenvalue weighted by atomic mass is 10.2. The number of rotatable bonds is 9. The Morgan fingerprint density at radius 3 is 2.59 bits per heavy atom. The Hall–Kier alpha value is -2.35. The molecular weight excluding hydrogens is 362 g/mol. The van der Waals surface area contributed by atoms with Crippen molar-refractivity contribution in [2.75, 3.05) is 0 Å². The normalized spacial score (nSPS) is 11.3. The standard InChI is InChI=1S/C19H25N5O2S/c1-5-15-6-8-16(9-7-15)25-11-17-21-22-19(24(17)10-13(2)3)27-12-18-20-14(4)23-26-18/h6-9,13H,5,10-12H2,1-4H3. The van der Waals surface area contributed by atoms with Crippen LogP contribution >= 0.6 is 11.8 Å². The molecule has 0 N–H and O–H groups in total. The summed E-state index contributed by atoms with van der Waals surface area (Å²) in [6.45, 7) is 9.49. The van der Waals surface area contributed by atoms with Crippen LogP contribution in [0.15, 0.2) is 33.9 Å². The molecule has 8 heteroatoms. The van der Waals surface area contributed by atoms with E-state index in [-0.39, 0.29) is 0 Å². The van der Waals surface area contributed by atoms with Gasteiger partial charge >= 0.3 is 0 Å². The molecule has 0 saturated carbocycles. The molecule has 0 fully saturated rings. The molecule has 7 nitrogen and oxygen atoms in total. The molecule has 0 radical (unpaired) electrons. The van der Waals surface area contributed by atoms with Gasteiger partial charge in [-0.25, -0.2) is 0 Å². The van der Waals surface area contributed by atoms with Gasteiger partial charge in [-0.05, 0) is 37.0 Å². The first-order chi connectivity index (χ1) is 13.0. The van der Waals surface area contributed by atoms with E-state index in [9.17, 15) is 0 Å². The quantitative estimate of drug-likeness (QED) is 0.512. The van der Waals surface area contributed by atoms with Crippen LogP contribution in [0.25, 0.3) is 0 Å². The molecule has 3 aromatic rings. The van der Waals surface area contributed by atoms with Crippen molar-refractivity contribution in [1.29, 1.82) is 0 Å². The Labute approximate surface area is 163 Å². The molecule has 0 saturated heterocycles. The van der Waals surface area contributed by atoms with E-state index in [0.717, 1.165) is 29.7 Å². The number of benzene rings is 1. The Bertz CT molecular complexity index is 857. The van der Waals surface area contributed by atoms with E-state index in [1.165, 1.54) is 5.56 Å². The minimum absolute atomic E-state index is 0.380. The average molecular weight is 388 g/mol. The van der Waals surface area contributed by atoms with Gasteiger partial charge in [-0.2, -0.15) is 4.98 Å². The summed E-state index contributed by atoms with van der Waals surface area (Å²) in [6.07, 6.45) is 1.02. The molecular formula is C19H25N5O2S. The average Bonchev–Trinajstić information content (AvgIpc) is 3.24. The van der Waals surface area contributed by atoms with Gasteiger partial charge in [0.15, 0.2) is 16.8 Å². The largest absolute Gasteiger partial charge is 0.486 e. The Morgan fingerprint density at radius 1 is 1.19 bits per heavy atom. The van der Waals surface area contributed by atoms with Crippen molar-refractivity contribution >= 4 is 11.8 Å². The minimum Gasteiger partial charge on any atom is -0.486 e. The van der Waals surface area contributed by atoms with Crippen LogP contribution in [0.1, 0.15) is 43.9 Å². The van der Waals surface area contributed by atoms with Gasteiger partial charge in [-0.15, -0.1) is 10.2 Å². The van der Waals surface area contributed by atoms with Gasteiger partial charge in [0.05, 0.1) is 5.75 Å². The van der Waals surface area contributed by atoms with Gasteiger partial charge in [0, 0.05) is 6.54 Å². The highest BCUT2D eigenvalue weighted by Crippen LogP contribution is 2.23. The number of thioether (sulfide) groups is 1. The molecule has 3 rings (SSSR count). The molecule has 2 heterocycles. The van der Waals surface area contributed by atoms with Crippen molar-refractivity contribution < 1.29 is 9.26 Å². The first-order valence-corrected chi connectivity index (χ1v) is 10.1. The lowest BCUT2D eigenvalue weighted by molar-refractivity contribution is 0.284. The summed E-state index contributed by atoms with van der Waals surface area (Å²) in [5.74, 6) is 3.90. The van der Waals surface area contributed by atoms with E-state index < -0.39 is 0 Å². The summed E-state index contributed by atoms with van der Waals surface area (Å²) < 4.78 is 13.2. The lowest BCUT2D eigenvalue weighted by Gasteiger charge is -2.13. The second-order valence-electron chi connectivity index (χ2n) is 6.71. The van der Waals surface area contributed by atoms with Gasteiger partial charge in [0.1, 0.15) is 12.4 Å². The Kier molecular flexibility index (Phi) is 6.49. The van der Waals surface area contributed by atoms with Crippen LogP contribution in [0.5, 0.6) is 5.75 Å². The van der Waals surface area contributed by atoms with Crippen LogP contribution in [-0.4, -0.2) is 24.9 Å². The second-order valence-corrected chi connectivity index (χ2v) is 7.66. The minimum atomic E-state index is 0.380. The zero-order valence-corrected chi connectivity index (χ0v) is 17.0. The first kappa shape index (κ1) is 19.4. The monoisotopic (exact) mass is 387 g/mol. The van der Waals surface area contributed by atoms with Crippen molar-refractivity contribution in [3.8, 4) is 5.75 Å². The highest BCUT2D eigenvalue weighted by Gasteiger charge is 2.16. The predicted octanol–water partition coefficient (Wildman–Crippen LogP) is 4.06. The molecule has 0 unspecified atom stereocenters. The molecule has 0 bridgehead atoms. The highest BCUT2D eigenvalue weighted by atomic mass is 32.2. The van der Waals surface area contributed by atoms with E-state index in [1.807, 2.05) is 12.1 Å². The van der Waals surface area contributed by atoms with Gasteiger partial charge < -0.3 is 13.8 Å². The van der Waals surface area contributed by atoms with Crippen LogP contribution in [0, 0.1) is 12.8 Å². The van der Waals surface area contributed by atoms with Crippen LogP contribution in [0.3, 0.4) is 0 Å². The molecule has 27 heavy (non-hydrogen) atoms. The van der Waals surface area contributed by atoms with E-state index in [1.54, 1.807) is 18.7 Å². The zero-order chi connectivity index (χ0) is 19.2. The summed E-state index contributed by atoms with van der Waals surface area (Å²) in [7, 11) is 0. The topological polar surface area (TPSA) is 78.9 Å². The third-order valence-electron chi connectivity index (χ3n) is 3.94. The Morgan fingerprint density at radius 2 is 1.96 bits per heavy atom. The summed E-state index contributed by atoms with van der Waals surface area (Å²) in [4.78, 5) is 4.23. The summed E-state index contributed by atoms with van der Waals surface area (Å²) in [5, 5.41) is 13.3. The van der Waals surface area contributed by atoms with Crippen molar-refractivity contribution in [3.63, 3.8) is 0 Å². The summed E-state index contributed by atoms with van der Waals surface area (Å²) in [5.41, 5.74) is 1.29. The highest BCUT2D eigenvalue weighted by molar-refractivity contribution is 7.98. The maximum atomic E-state index is 5.92. The van der Waals surface area contributed by atoms with Crippen molar-refractivity contribution in [1.82, 2.24) is 24.9 Å². The summed E-state index contributed by atoms with van der Waals surface area (Å²) >= 11 is 1.54. The van der Waals surface area contributed by atoms with E-state index >= 15 is 0 Å². The summed E-state index contributed by atoms with van der Waals surface area (Å²) in [6, 6.07) is 8.16. The predicted molar refractivity (Wildman–Crippen MR) is 104 cm³/mol. The van der Waals surface area contributed by atoms with Crippen LogP contribution < -0.4 is 4.74 Å². The van der Waals surface area contributed by atoms with Crippen molar-refractivity contribution in [3.05, 3.63) is 47.4 Å². The molecule has 0 aliphatic rings. The van der Waals surface area contributed by atoms with Gasteiger partial charge in [-0.3, -0.25) is 0 Å². The number of aryl methyl sites for hydroxylation is 2. The number of nitrogens with zero attached hydrogens (tertiary/aromatic N) is 5. The van der Waals surface area contributed by atoms with Gasteiger partial charge in [0.25, 0.3) is 0 Å². The SMILES string of the molecule is CCc1ccc(OCc2nnc(SCc3nc(C)no3)n2CC(C)C)cc1. The Balaban J connectivity index is 1.68. The van der Waals surface area contributed by atoms with Gasteiger partial charge in [0.2, 0.25) is 5.89 Å². The third kappa shape index (κ3) is 5.32. The fraction of sp³-hybridized carbons (Fsp3) is 0.474. The second kappa shape index (κ2) is 9.03. The maximum absolute atomic E-state index is 5.92. The number of hydrogen-bond acceptors (Lipinski definition) is 7. The van der Waals surface area contributed by atoms with E-state index in [0.29, 0.717) is 30.0 Å². The smallest absolute Gasteiger partial charge is 0.237 e. The van der Waals surface area contributed by atoms with Gasteiger partial charge in [-0.1, -0.05) is 49.8 Å². The first-order valence-electron chi connectivity index (χ1n) is 9.11. The molecule has 0 spiro atoms. The van der Waals surface area contributed by atoms with E-state index in [2.05, 4.69) is 57.8 Å². The molecule has 0 aliphatic carbocycles. The third-order valence-corrected chi connectivity index (χ3v) is 4.89. The molecule has 2 aromatic heterocycles. The van der Waals surface area contributed by atoms with Crippen molar-refractivity contribution in [2.45, 2.75) is 58.2 Å². The number of aromatic nitrogens is 5. The fourth-order valence-corrected chi connectivity index (χ4v) is 3.38. The number of ether oxygens (including phenoxy) is 1. The fourth-order valence-electron chi connectivity index (χ4n) is 2.58. The maximum Gasteiger partial charge on any atom is 0.237 e. The van der Waals surface area contributed by atoms with Crippen LogP contribution in [-0.2, 0) is 25.3 Å². The molecule has 1 aromatic carbocycles. The molecule has 144 valence electrons. The van der Waals surface area contributed by atoms with Crippen LogP contribution in [0.2, 0.25) is 0 Å².